The molecule has 0 amide bonds. The van der Waals surface area contributed by atoms with Crippen LogP contribution in [0.2, 0.25) is 0 Å². The van der Waals surface area contributed by atoms with Gasteiger partial charge in [-0.2, -0.15) is 0 Å². The first-order chi connectivity index (χ1) is 9.86. The van der Waals surface area contributed by atoms with Crippen LogP contribution in [0, 0.1) is 0 Å². The molecule has 0 fully saturated rings. The lowest BCUT2D eigenvalue weighted by Crippen LogP contribution is -1.90. The fourth-order valence-electron chi connectivity index (χ4n) is 2.93. The average Bonchev–Trinajstić information content (AvgIpc) is 2.82. The molecule has 2 aromatic carbocycles. The number of hydrogen-bond acceptors (Lipinski definition) is 1. The Morgan fingerprint density at radius 2 is 1.60 bits per heavy atom. The van der Waals surface area contributed by atoms with Gasteiger partial charge in [0.25, 0.3) is 0 Å². The van der Waals surface area contributed by atoms with E-state index in [0.717, 1.165) is 5.52 Å². The first-order valence-corrected chi connectivity index (χ1v) is 6.74. The molecule has 0 aliphatic heterocycles. The zero-order chi connectivity index (χ0) is 13.5. The van der Waals surface area contributed by atoms with Gasteiger partial charge in [0.15, 0.2) is 0 Å². The number of aryl methyl sites for hydroxylation is 1. The van der Waals surface area contributed by atoms with Gasteiger partial charge in [-0.15, -0.1) is 0 Å². The molecule has 2 nitrogen and oxygen atoms in total. The Balaban J connectivity index is 2.19. The van der Waals surface area contributed by atoms with Gasteiger partial charge in [-0.3, -0.25) is 4.98 Å². The van der Waals surface area contributed by atoms with Gasteiger partial charge in [0, 0.05) is 24.2 Å². The van der Waals surface area contributed by atoms with E-state index in [2.05, 4.69) is 71.2 Å². The lowest BCUT2D eigenvalue weighted by molar-refractivity contribution is 1.01. The Bertz CT molecular complexity index is 905. The fourth-order valence-corrected chi connectivity index (χ4v) is 2.93. The van der Waals surface area contributed by atoms with Crippen molar-refractivity contribution in [3.05, 3.63) is 66.9 Å². The van der Waals surface area contributed by atoms with Crippen LogP contribution in [-0.2, 0) is 7.05 Å². The number of rotatable bonds is 1. The summed E-state index contributed by atoms with van der Waals surface area (Å²) in [7, 11) is 2.11. The number of aromatic nitrogens is 2. The Hall–Kier alpha value is -2.61. The highest BCUT2D eigenvalue weighted by Crippen LogP contribution is 2.33. The summed E-state index contributed by atoms with van der Waals surface area (Å²) in [6, 6.07) is 21.0. The zero-order valence-electron chi connectivity index (χ0n) is 11.2. The predicted molar refractivity (Wildman–Crippen MR) is 83.7 cm³/mol. The summed E-state index contributed by atoms with van der Waals surface area (Å²) in [5, 5.41) is 1.21. The number of hydrogen-bond donors (Lipinski definition) is 0. The van der Waals surface area contributed by atoms with Crippen LogP contribution in [0.4, 0.5) is 0 Å². The van der Waals surface area contributed by atoms with Crippen molar-refractivity contribution in [1.29, 1.82) is 0 Å². The van der Waals surface area contributed by atoms with Crippen molar-refractivity contribution in [2.75, 3.05) is 0 Å². The third-order valence-electron chi connectivity index (χ3n) is 3.86. The quantitative estimate of drug-likeness (QED) is 0.495. The Kier molecular flexibility index (Phi) is 2.36. The summed E-state index contributed by atoms with van der Waals surface area (Å²) < 4.78 is 2.24. The first kappa shape index (κ1) is 11.2. The van der Waals surface area contributed by atoms with Gasteiger partial charge in [-0.1, -0.05) is 48.5 Å². The van der Waals surface area contributed by atoms with Gasteiger partial charge in [-0.25, -0.2) is 0 Å². The highest BCUT2D eigenvalue weighted by atomic mass is 15.0. The summed E-state index contributed by atoms with van der Waals surface area (Å²) in [4.78, 5) is 4.60. The number of nitrogens with zero attached hydrogens (tertiary/aromatic N) is 2. The van der Waals surface area contributed by atoms with E-state index < -0.39 is 0 Å². The molecule has 0 saturated heterocycles. The van der Waals surface area contributed by atoms with Crippen molar-refractivity contribution in [3.63, 3.8) is 0 Å². The van der Waals surface area contributed by atoms with Gasteiger partial charge in [0.05, 0.1) is 16.6 Å². The molecule has 2 aromatic heterocycles. The van der Waals surface area contributed by atoms with Gasteiger partial charge < -0.3 is 4.57 Å². The molecule has 4 rings (SSSR count). The topological polar surface area (TPSA) is 17.8 Å². The van der Waals surface area contributed by atoms with E-state index in [1.54, 1.807) is 0 Å². The smallest absolute Gasteiger partial charge is 0.0966 e. The van der Waals surface area contributed by atoms with Gasteiger partial charge >= 0.3 is 0 Å². The molecule has 4 aromatic rings. The van der Waals surface area contributed by atoms with Gasteiger partial charge in [0.1, 0.15) is 0 Å². The number of pyridine rings is 1. The lowest BCUT2D eigenvalue weighted by atomic mass is 10.1. The van der Waals surface area contributed by atoms with Crippen molar-refractivity contribution in [3.8, 4) is 11.1 Å². The van der Waals surface area contributed by atoms with Crippen molar-refractivity contribution in [2.45, 2.75) is 0 Å². The van der Waals surface area contributed by atoms with Crippen LogP contribution in [-0.4, -0.2) is 9.55 Å². The molecule has 0 radical (unpaired) electrons. The third-order valence-corrected chi connectivity index (χ3v) is 3.86. The standard InChI is InChI=1S/C18H14N2/c1-20-16-10-6-5-9-15(16)17-18(20)14(11-12-19-17)13-7-3-2-4-8-13/h2-12H,1H3. The van der Waals surface area contributed by atoms with Crippen LogP contribution in [0.15, 0.2) is 66.9 Å². The van der Waals surface area contributed by atoms with Gasteiger partial charge in [-0.05, 0) is 17.7 Å². The van der Waals surface area contributed by atoms with Crippen LogP contribution in [0.25, 0.3) is 33.1 Å². The molecule has 0 saturated carbocycles. The predicted octanol–water partition coefficient (Wildman–Crippen LogP) is 4.39. The normalized spacial score (nSPS) is 11.2. The fraction of sp³-hybridized carbons (Fsp3) is 0.0556. The SMILES string of the molecule is Cn1c2ccccc2c2nccc(-c3ccccc3)c21. The summed E-state index contributed by atoms with van der Waals surface area (Å²) in [5.41, 5.74) is 5.95. The minimum Gasteiger partial charge on any atom is -0.342 e. The van der Waals surface area contributed by atoms with E-state index in [-0.39, 0.29) is 0 Å². The number of benzene rings is 2. The molecule has 0 spiro atoms. The van der Waals surface area contributed by atoms with Crippen LogP contribution in [0.3, 0.4) is 0 Å². The van der Waals surface area contributed by atoms with Crippen LogP contribution >= 0.6 is 0 Å². The molecular formula is C18H14N2. The minimum atomic E-state index is 1.07. The van der Waals surface area contributed by atoms with E-state index in [1.807, 2.05) is 12.3 Å². The number of fused-ring (bicyclic) bond motifs is 3. The molecule has 2 heteroatoms. The van der Waals surface area contributed by atoms with Crippen LogP contribution in [0.5, 0.6) is 0 Å². The zero-order valence-corrected chi connectivity index (χ0v) is 11.2. The molecule has 96 valence electrons. The maximum atomic E-state index is 4.60. The maximum Gasteiger partial charge on any atom is 0.0966 e. The van der Waals surface area contributed by atoms with Gasteiger partial charge in [0.2, 0.25) is 0 Å². The second-order valence-electron chi connectivity index (χ2n) is 5.00. The maximum absolute atomic E-state index is 4.60. The molecule has 0 bridgehead atoms. The molecule has 2 heterocycles. The molecule has 0 N–H and O–H groups in total. The van der Waals surface area contributed by atoms with Crippen molar-refractivity contribution in [1.82, 2.24) is 9.55 Å². The minimum absolute atomic E-state index is 1.07. The second kappa shape index (κ2) is 4.20. The molecule has 0 atom stereocenters. The van der Waals surface area contributed by atoms with Crippen molar-refractivity contribution in [2.24, 2.45) is 7.05 Å². The van der Waals surface area contributed by atoms with E-state index in [0.29, 0.717) is 0 Å². The highest BCUT2D eigenvalue weighted by molar-refractivity contribution is 6.10. The van der Waals surface area contributed by atoms with E-state index >= 15 is 0 Å². The Morgan fingerprint density at radius 3 is 2.45 bits per heavy atom. The Labute approximate surface area is 117 Å². The first-order valence-electron chi connectivity index (χ1n) is 6.74. The van der Waals surface area contributed by atoms with Crippen LogP contribution < -0.4 is 0 Å². The van der Waals surface area contributed by atoms with Crippen molar-refractivity contribution >= 4 is 21.9 Å². The molecule has 20 heavy (non-hydrogen) atoms. The summed E-state index contributed by atoms with van der Waals surface area (Å²) in [6.07, 6.45) is 1.90. The summed E-state index contributed by atoms with van der Waals surface area (Å²) in [5.74, 6) is 0. The Morgan fingerprint density at radius 1 is 0.850 bits per heavy atom. The second-order valence-corrected chi connectivity index (χ2v) is 5.00. The van der Waals surface area contributed by atoms with E-state index in [9.17, 15) is 0 Å². The van der Waals surface area contributed by atoms with Crippen molar-refractivity contribution < 1.29 is 0 Å². The average molecular weight is 258 g/mol. The molecule has 0 unspecified atom stereocenters. The highest BCUT2D eigenvalue weighted by Gasteiger charge is 2.13. The number of para-hydroxylation sites is 1. The van der Waals surface area contributed by atoms with E-state index in [1.165, 1.54) is 27.5 Å². The lowest BCUT2D eigenvalue weighted by Gasteiger charge is -2.06. The third kappa shape index (κ3) is 1.48. The molecule has 0 aliphatic rings. The summed E-state index contributed by atoms with van der Waals surface area (Å²) >= 11 is 0. The van der Waals surface area contributed by atoms with E-state index in [4.69, 9.17) is 0 Å². The molecule has 0 aliphatic carbocycles. The largest absolute Gasteiger partial charge is 0.342 e. The monoisotopic (exact) mass is 258 g/mol. The molecular weight excluding hydrogens is 244 g/mol. The summed E-state index contributed by atoms with van der Waals surface area (Å²) in [6.45, 7) is 0. The van der Waals surface area contributed by atoms with Crippen LogP contribution in [0.1, 0.15) is 0 Å².